The van der Waals surface area contributed by atoms with Crippen LogP contribution >= 0.6 is 0 Å². The summed E-state index contributed by atoms with van der Waals surface area (Å²) < 4.78 is 23.8. The summed E-state index contributed by atoms with van der Waals surface area (Å²) in [6.07, 6.45) is 8.84. The number of amides is 1. The standard InChI is InChI=1S/C24H35FN10O2/c1-4-19(36)28-17-13-34(12-16(17)25)24-30-21(20-22(31-24)33(2)15-27-20)29-18-14-35(32-23(18)37-3)11-9-7-5-6-8-10-26/h4,14-17H,1,5-13,26H2,2-3H3,(H,28,36)(H,29,30,31)/t16-,17-/m1/s1. The number of imidazole rings is 1. The average molecular weight is 515 g/mol. The van der Waals surface area contributed by atoms with E-state index in [1.807, 2.05) is 17.9 Å². The van der Waals surface area contributed by atoms with Gasteiger partial charge >= 0.3 is 0 Å². The summed E-state index contributed by atoms with van der Waals surface area (Å²) in [6, 6.07) is -0.679. The molecule has 4 rings (SSSR count). The number of aromatic nitrogens is 6. The van der Waals surface area contributed by atoms with Gasteiger partial charge in [0.2, 0.25) is 11.9 Å². The number of nitrogens with two attached hydrogens (primary N) is 1. The number of unbranched alkanes of at least 4 members (excludes halogenated alkanes) is 4. The van der Waals surface area contributed by atoms with Crippen LogP contribution in [-0.2, 0) is 18.4 Å². The van der Waals surface area contributed by atoms with Crippen molar-refractivity contribution in [3.63, 3.8) is 0 Å². The molecule has 4 heterocycles. The molecule has 1 aliphatic rings. The SMILES string of the molecule is C=CC(=O)N[C@@H]1CN(c2nc(Nc3cn(CCCCCCCN)nc3OC)c3ncn(C)c3n2)C[C@H]1F. The second kappa shape index (κ2) is 12.0. The Morgan fingerprint density at radius 3 is 2.81 bits per heavy atom. The summed E-state index contributed by atoms with van der Waals surface area (Å²) in [5.41, 5.74) is 7.35. The van der Waals surface area contributed by atoms with E-state index in [-0.39, 0.29) is 13.1 Å². The average Bonchev–Trinajstić information content (AvgIpc) is 3.58. The van der Waals surface area contributed by atoms with Crippen molar-refractivity contribution in [3.05, 3.63) is 25.2 Å². The van der Waals surface area contributed by atoms with Crippen molar-refractivity contribution in [2.75, 3.05) is 37.0 Å². The van der Waals surface area contributed by atoms with E-state index in [2.05, 4.69) is 37.3 Å². The molecular weight excluding hydrogens is 479 g/mol. The summed E-state index contributed by atoms with van der Waals surface area (Å²) in [7, 11) is 3.40. The van der Waals surface area contributed by atoms with Crippen LogP contribution in [0.2, 0.25) is 0 Å². The Morgan fingerprint density at radius 1 is 1.27 bits per heavy atom. The Bertz CT molecular complexity index is 1230. The number of methoxy groups -OCH3 is 1. The summed E-state index contributed by atoms with van der Waals surface area (Å²) in [4.78, 5) is 27.1. The zero-order chi connectivity index (χ0) is 26.4. The first kappa shape index (κ1) is 26.3. The highest BCUT2D eigenvalue weighted by Crippen LogP contribution is 2.31. The summed E-state index contributed by atoms with van der Waals surface area (Å²) in [6.45, 7) is 5.21. The second-order valence-corrected chi connectivity index (χ2v) is 9.14. The van der Waals surface area contributed by atoms with Crippen LogP contribution in [0.5, 0.6) is 5.88 Å². The van der Waals surface area contributed by atoms with E-state index in [1.54, 1.807) is 22.9 Å². The number of ether oxygens (including phenoxy) is 1. The van der Waals surface area contributed by atoms with Crippen molar-refractivity contribution in [3.8, 4) is 5.88 Å². The molecular formula is C24H35FN10O2. The van der Waals surface area contributed by atoms with Gasteiger partial charge in [0.05, 0.1) is 32.2 Å². The van der Waals surface area contributed by atoms with Gasteiger partial charge in [-0.05, 0) is 25.5 Å². The number of nitrogens with one attached hydrogen (secondary N) is 2. The van der Waals surface area contributed by atoms with Gasteiger partial charge in [-0.15, -0.1) is 5.10 Å². The number of anilines is 3. The maximum Gasteiger partial charge on any atom is 0.256 e. The van der Waals surface area contributed by atoms with E-state index < -0.39 is 18.1 Å². The molecule has 13 heteroatoms. The Hall–Kier alpha value is -3.74. The fourth-order valence-corrected chi connectivity index (χ4v) is 4.36. The minimum absolute atomic E-state index is 0.0530. The van der Waals surface area contributed by atoms with Crippen molar-refractivity contribution in [2.24, 2.45) is 12.8 Å². The summed E-state index contributed by atoms with van der Waals surface area (Å²) in [5, 5.41) is 10.5. The van der Waals surface area contributed by atoms with Gasteiger partial charge < -0.3 is 30.6 Å². The van der Waals surface area contributed by atoms with Gasteiger partial charge in [0.25, 0.3) is 5.88 Å². The minimum Gasteiger partial charge on any atom is -0.478 e. The predicted molar refractivity (Wildman–Crippen MR) is 140 cm³/mol. The third-order valence-corrected chi connectivity index (χ3v) is 6.36. The normalized spacial score (nSPS) is 17.4. The lowest BCUT2D eigenvalue weighted by Gasteiger charge is -2.17. The fraction of sp³-hybridized carbons (Fsp3) is 0.542. The molecule has 3 aromatic rings. The number of alkyl halides is 1. The maximum atomic E-state index is 14.7. The van der Waals surface area contributed by atoms with Crippen LogP contribution in [0.4, 0.5) is 21.8 Å². The van der Waals surface area contributed by atoms with Crippen molar-refractivity contribution >= 4 is 34.5 Å². The van der Waals surface area contributed by atoms with Gasteiger partial charge in [-0.25, -0.2) is 9.37 Å². The third-order valence-electron chi connectivity index (χ3n) is 6.36. The number of halogens is 1. The van der Waals surface area contributed by atoms with Crippen LogP contribution in [0, 0.1) is 0 Å². The Kier molecular flexibility index (Phi) is 8.54. The molecule has 1 saturated heterocycles. The van der Waals surface area contributed by atoms with Crippen LogP contribution < -0.4 is 26.0 Å². The molecule has 0 aliphatic carbocycles. The van der Waals surface area contributed by atoms with Gasteiger partial charge in [-0.1, -0.05) is 25.8 Å². The molecule has 0 unspecified atom stereocenters. The first-order valence-corrected chi connectivity index (χ1v) is 12.5. The van der Waals surface area contributed by atoms with E-state index in [1.165, 1.54) is 0 Å². The van der Waals surface area contributed by atoms with E-state index in [4.69, 9.17) is 10.5 Å². The number of fused-ring (bicyclic) bond motifs is 1. The van der Waals surface area contributed by atoms with Gasteiger partial charge in [-0.2, -0.15) is 9.97 Å². The van der Waals surface area contributed by atoms with Crippen molar-refractivity contribution < 1.29 is 13.9 Å². The van der Waals surface area contributed by atoms with Crippen LogP contribution in [0.15, 0.2) is 25.2 Å². The van der Waals surface area contributed by atoms with Crippen LogP contribution in [0.3, 0.4) is 0 Å². The summed E-state index contributed by atoms with van der Waals surface area (Å²) in [5.74, 6) is 0.804. The van der Waals surface area contributed by atoms with E-state index in [0.717, 1.165) is 51.3 Å². The molecule has 0 saturated carbocycles. The molecule has 1 amide bonds. The zero-order valence-corrected chi connectivity index (χ0v) is 21.4. The lowest BCUT2D eigenvalue weighted by molar-refractivity contribution is -0.117. The molecule has 12 nitrogen and oxygen atoms in total. The second-order valence-electron chi connectivity index (χ2n) is 9.14. The molecule has 1 fully saturated rings. The molecule has 0 aromatic carbocycles. The maximum absolute atomic E-state index is 14.7. The molecule has 0 radical (unpaired) electrons. The van der Waals surface area contributed by atoms with Crippen molar-refractivity contribution in [2.45, 2.75) is 50.9 Å². The van der Waals surface area contributed by atoms with Gasteiger partial charge in [0, 0.05) is 20.1 Å². The third kappa shape index (κ3) is 6.16. The minimum atomic E-state index is -1.26. The fourth-order valence-electron chi connectivity index (χ4n) is 4.36. The number of carbonyl (C=O) groups excluding carboxylic acids is 1. The van der Waals surface area contributed by atoms with Crippen LogP contribution in [0.1, 0.15) is 32.1 Å². The number of nitrogens with zero attached hydrogens (tertiary/aromatic N) is 7. The first-order chi connectivity index (χ1) is 17.9. The highest BCUT2D eigenvalue weighted by atomic mass is 19.1. The van der Waals surface area contributed by atoms with E-state index in [0.29, 0.717) is 34.5 Å². The molecule has 2 atom stereocenters. The summed E-state index contributed by atoms with van der Waals surface area (Å²) >= 11 is 0. The van der Waals surface area contributed by atoms with Gasteiger partial charge in [0.15, 0.2) is 17.0 Å². The number of aryl methyl sites for hydroxylation is 2. The molecule has 0 bridgehead atoms. The molecule has 1 aliphatic heterocycles. The molecule has 200 valence electrons. The monoisotopic (exact) mass is 514 g/mol. The number of carbonyl (C=O) groups is 1. The van der Waals surface area contributed by atoms with Crippen molar-refractivity contribution in [1.29, 1.82) is 0 Å². The highest BCUT2D eigenvalue weighted by molar-refractivity contribution is 5.88. The lowest BCUT2D eigenvalue weighted by Crippen LogP contribution is -2.40. The van der Waals surface area contributed by atoms with E-state index in [9.17, 15) is 9.18 Å². The van der Waals surface area contributed by atoms with Gasteiger partial charge in [-0.3, -0.25) is 9.48 Å². The topological polar surface area (TPSA) is 141 Å². The Balaban J connectivity index is 1.53. The van der Waals surface area contributed by atoms with Crippen LogP contribution in [-0.4, -0.2) is 74.2 Å². The Morgan fingerprint density at radius 2 is 2.05 bits per heavy atom. The number of rotatable bonds is 13. The largest absolute Gasteiger partial charge is 0.478 e. The highest BCUT2D eigenvalue weighted by Gasteiger charge is 2.35. The Labute approximate surface area is 215 Å². The quantitative estimate of drug-likeness (QED) is 0.231. The number of hydrogen-bond donors (Lipinski definition) is 3. The predicted octanol–water partition coefficient (Wildman–Crippen LogP) is 2.05. The molecule has 4 N–H and O–H groups in total. The lowest BCUT2D eigenvalue weighted by atomic mass is 10.1. The van der Waals surface area contributed by atoms with Crippen molar-refractivity contribution in [1.82, 2.24) is 34.6 Å². The zero-order valence-electron chi connectivity index (χ0n) is 21.4. The van der Waals surface area contributed by atoms with E-state index >= 15 is 0 Å². The van der Waals surface area contributed by atoms with Gasteiger partial charge in [0.1, 0.15) is 11.9 Å². The van der Waals surface area contributed by atoms with Crippen LogP contribution in [0.25, 0.3) is 11.2 Å². The first-order valence-electron chi connectivity index (χ1n) is 12.5. The molecule has 0 spiro atoms. The number of hydrogen-bond acceptors (Lipinski definition) is 9. The smallest absolute Gasteiger partial charge is 0.256 e. The molecule has 3 aromatic heterocycles. The molecule has 37 heavy (non-hydrogen) atoms.